The van der Waals surface area contributed by atoms with Crippen molar-refractivity contribution in [2.75, 3.05) is 29.7 Å². The van der Waals surface area contributed by atoms with Crippen LogP contribution in [-0.2, 0) is 10.0 Å². The van der Waals surface area contributed by atoms with Gasteiger partial charge >= 0.3 is 0 Å². The Kier molecular flexibility index (Phi) is 8.38. The molecule has 6 aromatic rings. The molecule has 1 aliphatic rings. The quantitative estimate of drug-likeness (QED) is 0.180. The lowest BCUT2D eigenvalue weighted by Gasteiger charge is -2.31. The summed E-state index contributed by atoms with van der Waals surface area (Å²) < 4.78 is 61.3. The summed E-state index contributed by atoms with van der Waals surface area (Å²) >= 11 is 6.10. The zero-order chi connectivity index (χ0) is 34.4. The zero-order valence-corrected chi connectivity index (χ0v) is 27.8. The number of pyridine rings is 1. The van der Waals surface area contributed by atoms with E-state index in [2.05, 4.69) is 25.3 Å². The number of anilines is 3. The molecule has 15 heteroatoms. The molecule has 0 aliphatic carbocycles. The van der Waals surface area contributed by atoms with Gasteiger partial charge in [-0.15, -0.1) is 0 Å². The average molecular weight is 703 g/mol. The first-order valence-corrected chi connectivity index (χ1v) is 17.2. The molecule has 0 bridgehead atoms. The molecule has 250 valence electrons. The van der Waals surface area contributed by atoms with Crippen molar-refractivity contribution in [3.63, 3.8) is 0 Å². The summed E-state index contributed by atoms with van der Waals surface area (Å²) in [6.07, 6.45) is 2.95. The monoisotopic (exact) mass is 702 g/mol. The van der Waals surface area contributed by atoms with Crippen LogP contribution in [0.15, 0.2) is 84.1 Å². The average Bonchev–Trinajstić information content (AvgIpc) is 3.48. The number of nitrogens with one attached hydrogen (secondary N) is 3. The Morgan fingerprint density at radius 1 is 1.04 bits per heavy atom. The Morgan fingerprint density at radius 3 is 2.67 bits per heavy atom. The van der Waals surface area contributed by atoms with E-state index in [0.717, 1.165) is 23.0 Å². The van der Waals surface area contributed by atoms with Crippen LogP contribution < -0.4 is 15.4 Å². The minimum atomic E-state index is -4.29. The van der Waals surface area contributed by atoms with Crippen LogP contribution in [-0.4, -0.2) is 64.4 Å². The van der Waals surface area contributed by atoms with Crippen LogP contribution in [0.2, 0.25) is 5.02 Å². The lowest BCUT2D eigenvalue weighted by Crippen LogP contribution is -2.51. The van der Waals surface area contributed by atoms with Gasteiger partial charge in [-0.2, -0.15) is 0 Å². The predicted octanol–water partition coefficient (Wildman–Crippen LogP) is 6.19. The van der Waals surface area contributed by atoms with Crippen LogP contribution in [0.25, 0.3) is 27.8 Å². The second kappa shape index (κ2) is 12.7. The second-order valence-corrected chi connectivity index (χ2v) is 13.7. The molecule has 1 atom stereocenters. The van der Waals surface area contributed by atoms with Crippen LogP contribution in [0.1, 0.15) is 22.8 Å². The van der Waals surface area contributed by atoms with Gasteiger partial charge in [0.25, 0.3) is 15.9 Å². The van der Waals surface area contributed by atoms with Crippen LogP contribution in [0, 0.1) is 18.6 Å². The molecule has 0 spiro atoms. The van der Waals surface area contributed by atoms with Gasteiger partial charge in [0.05, 0.1) is 27.2 Å². The first kappa shape index (κ1) is 32.4. The number of hydrogen-bond donors (Lipinski definition) is 3. The highest BCUT2D eigenvalue weighted by atomic mass is 35.5. The third-order valence-corrected chi connectivity index (χ3v) is 10.3. The number of halogens is 3. The van der Waals surface area contributed by atoms with Crippen molar-refractivity contribution in [2.45, 2.75) is 24.8 Å². The smallest absolute Gasteiger partial charge is 0.262 e. The maximum absolute atomic E-state index is 15.9. The third kappa shape index (κ3) is 6.03. The van der Waals surface area contributed by atoms with E-state index >= 15 is 8.78 Å². The van der Waals surface area contributed by atoms with Gasteiger partial charge in [-0.1, -0.05) is 35.9 Å². The van der Waals surface area contributed by atoms with E-state index in [-0.39, 0.29) is 38.8 Å². The summed E-state index contributed by atoms with van der Waals surface area (Å²) in [5.41, 5.74) is 0.936. The number of carbonyl (C=O) groups excluding carboxylic acids is 1. The fourth-order valence-electron chi connectivity index (χ4n) is 5.93. The van der Waals surface area contributed by atoms with E-state index in [9.17, 15) is 13.2 Å². The van der Waals surface area contributed by atoms with E-state index in [4.69, 9.17) is 16.6 Å². The predicted molar refractivity (Wildman–Crippen MR) is 184 cm³/mol. The summed E-state index contributed by atoms with van der Waals surface area (Å²) in [6, 6.07) is 17.3. The van der Waals surface area contributed by atoms with E-state index in [1.165, 1.54) is 31.5 Å². The van der Waals surface area contributed by atoms with Crippen LogP contribution in [0.3, 0.4) is 0 Å². The summed E-state index contributed by atoms with van der Waals surface area (Å²) in [5.74, 6) is -1.91. The standard InChI is InChI=1S/C34H29ClF2N8O3S/c1-19-16-44(15-14-38-19)34(46)22-17-45(27-8-4-3-6-21(22)27)29-13-12-26-32(41-29)33(40-18-39-26)42-31-24(36)10-11-25(30(31)37)43-49(47,48)28-9-5-7-23(35)20(28)2/h3-13,17-19,38,43H,14-16H2,1-2H3,(H,39,40,42)/t19-/m0/s1. The van der Waals surface area contributed by atoms with E-state index in [1.54, 1.807) is 22.9 Å². The van der Waals surface area contributed by atoms with Gasteiger partial charge in [0.15, 0.2) is 11.6 Å². The van der Waals surface area contributed by atoms with Crippen molar-refractivity contribution in [1.82, 2.24) is 29.7 Å². The molecule has 1 saturated heterocycles. The number of piperazine rings is 1. The molecule has 3 N–H and O–H groups in total. The number of carbonyl (C=O) groups is 1. The first-order valence-electron chi connectivity index (χ1n) is 15.3. The number of amides is 1. The Hall–Kier alpha value is -5.18. The Labute approximate surface area is 285 Å². The largest absolute Gasteiger partial charge is 0.336 e. The van der Waals surface area contributed by atoms with Crippen LogP contribution in [0.4, 0.5) is 26.0 Å². The molecule has 0 saturated carbocycles. The normalized spacial score (nSPS) is 15.1. The molecule has 7 rings (SSSR count). The fraction of sp³-hybridized carbons (Fsp3) is 0.176. The highest BCUT2D eigenvalue weighted by molar-refractivity contribution is 7.92. The summed E-state index contributed by atoms with van der Waals surface area (Å²) in [4.78, 5) is 28.6. The Morgan fingerprint density at radius 2 is 1.86 bits per heavy atom. The Balaban J connectivity index is 1.26. The minimum Gasteiger partial charge on any atom is -0.336 e. The van der Waals surface area contributed by atoms with E-state index in [0.29, 0.717) is 36.5 Å². The maximum Gasteiger partial charge on any atom is 0.262 e. The van der Waals surface area contributed by atoms with Crippen LogP contribution >= 0.6 is 11.6 Å². The lowest BCUT2D eigenvalue weighted by atomic mass is 10.1. The number of fused-ring (bicyclic) bond motifs is 2. The number of rotatable bonds is 7. The van der Waals surface area contributed by atoms with Gasteiger partial charge in [-0.25, -0.2) is 32.2 Å². The van der Waals surface area contributed by atoms with Crippen molar-refractivity contribution < 1.29 is 22.0 Å². The van der Waals surface area contributed by atoms with Gasteiger partial charge in [-0.3, -0.25) is 9.52 Å². The van der Waals surface area contributed by atoms with Crippen molar-refractivity contribution >= 4 is 66.7 Å². The van der Waals surface area contributed by atoms with Gasteiger partial charge < -0.3 is 20.1 Å². The summed E-state index contributed by atoms with van der Waals surface area (Å²) in [7, 11) is -4.29. The van der Waals surface area contributed by atoms with Gasteiger partial charge in [0.2, 0.25) is 0 Å². The number of benzene rings is 3. The molecule has 1 aliphatic heterocycles. The number of sulfonamides is 1. The second-order valence-electron chi connectivity index (χ2n) is 11.7. The van der Waals surface area contributed by atoms with Crippen LogP contribution in [0.5, 0.6) is 0 Å². The number of nitrogens with zero attached hydrogens (tertiary/aromatic N) is 5. The highest BCUT2D eigenvalue weighted by Gasteiger charge is 2.26. The topological polar surface area (TPSA) is 134 Å². The maximum atomic E-state index is 15.9. The van der Waals surface area contributed by atoms with Crippen molar-refractivity contribution in [3.05, 3.63) is 107 Å². The summed E-state index contributed by atoms with van der Waals surface area (Å²) in [5, 5.41) is 6.98. The minimum absolute atomic E-state index is 0.0297. The molecule has 11 nitrogen and oxygen atoms in total. The molecule has 1 amide bonds. The zero-order valence-electron chi connectivity index (χ0n) is 26.2. The molecule has 3 aromatic carbocycles. The molecule has 0 radical (unpaired) electrons. The van der Waals surface area contributed by atoms with Gasteiger partial charge in [0, 0.05) is 42.3 Å². The molecule has 3 aromatic heterocycles. The number of aromatic nitrogens is 4. The van der Waals surface area contributed by atoms with Gasteiger partial charge in [0.1, 0.15) is 29.2 Å². The van der Waals surface area contributed by atoms with E-state index < -0.39 is 33.0 Å². The Bertz CT molecular complexity index is 2390. The SMILES string of the molecule is Cc1c(Cl)cccc1S(=O)(=O)Nc1ccc(F)c(Nc2ncnc3ccc(-n4cc(C(=O)N5CCN[C@@H](C)C5)c5ccccc54)nc23)c1F. The highest BCUT2D eigenvalue weighted by Crippen LogP contribution is 2.33. The fourth-order valence-corrected chi connectivity index (χ4v) is 7.48. The van der Waals surface area contributed by atoms with Gasteiger partial charge in [-0.05, 0) is 61.9 Å². The molecule has 0 unspecified atom stereocenters. The molecular weight excluding hydrogens is 674 g/mol. The first-order chi connectivity index (χ1) is 23.5. The lowest BCUT2D eigenvalue weighted by molar-refractivity contribution is 0.0711. The molecular formula is C34H29ClF2N8O3S. The molecule has 4 heterocycles. The van der Waals surface area contributed by atoms with Crippen molar-refractivity contribution in [2.24, 2.45) is 0 Å². The van der Waals surface area contributed by atoms with E-state index in [1.807, 2.05) is 36.1 Å². The van der Waals surface area contributed by atoms with Crippen molar-refractivity contribution in [3.8, 4) is 5.82 Å². The van der Waals surface area contributed by atoms with Crippen molar-refractivity contribution in [1.29, 1.82) is 0 Å². The molecule has 1 fully saturated rings. The third-order valence-electron chi connectivity index (χ3n) is 8.40. The number of hydrogen-bond acceptors (Lipinski definition) is 8. The number of para-hydroxylation sites is 1. The molecule has 49 heavy (non-hydrogen) atoms. The summed E-state index contributed by atoms with van der Waals surface area (Å²) in [6.45, 7) is 5.41.